The lowest BCUT2D eigenvalue weighted by molar-refractivity contribution is -0.220. The van der Waals surface area contributed by atoms with Gasteiger partial charge in [-0.05, 0) is 26.7 Å². The molecule has 3 aliphatic heterocycles. The highest BCUT2D eigenvalue weighted by atomic mass is 16.8. The van der Waals surface area contributed by atoms with E-state index in [2.05, 4.69) is 0 Å². The minimum absolute atomic E-state index is 0.105. The highest BCUT2D eigenvalue weighted by Crippen LogP contribution is 2.40. The quantitative estimate of drug-likeness (QED) is 0.736. The van der Waals surface area contributed by atoms with Crippen molar-refractivity contribution >= 4 is 5.78 Å². The van der Waals surface area contributed by atoms with Gasteiger partial charge in [0.05, 0.1) is 6.61 Å². The van der Waals surface area contributed by atoms with E-state index in [4.69, 9.17) is 18.9 Å². The van der Waals surface area contributed by atoms with Crippen molar-refractivity contribution in [3.8, 4) is 0 Å². The molecule has 1 N–H and O–H groups in total. The van der Waals surface area contributed by atoms with Gasteiger partial charge in [-0.2, -0.15) is 0 Å². The average Bonchev–Trinajstić information content (AvgIpc) is 2.79. The Hall–Kier alpha value is -0.530. The van der Waals surface area contributed by atoms with Crippen molar-refractivity contribution in [1.82, 2.24) is 0 Å². The van der Waals surface area contributed by atoms with Crippen molar-refractivity contribution < 1.29 is 28.8 Å². The van der Waals surface area contributed by atoms with Gasteiger partial charge in [-0.25, -0.2) is 0 Å². The average molecular weight is 272 g/mol. The van der Waals surface area contributed by atoms with Gasteiger partial charge in [0, 0.05) is 12.5 Å². The van der Waals surface area contributed by atoms with Crippen LogP contribution in [0.1, 0.15) is 26.7 Å². The largest absolute Gasteiger partial charge is 0.396 e. The van der Waals surface area contributed by atoms with Gasteiger partial charge in [-0.1, -0.05) is 0 Å². The molecule has 1 unspecified atom stereocenters. The number of ether oxygens (including phenoxy) is 4. The summed E-state index contributed by atoms with van der Waals surface area (Å²) in [7, 11) is 0. The van der Waals surface area contributed by atoms with Crippen LogP contribution in [-0.4, -0.2) is 54.5 Å². The molecule has 0 saturated carbocycles. The third-order valence-electron chi connectivity index (χ3n) is 3.90. The Morgan fingerprint density at radius 1 is 1.32 bits per heavy atom. The number of aliphatic hydroxyl groups is 1. The number of hydrogen-bond acceptors (Lipinski definition) is 6. The molecule has 3 fully saturated rings. The molecule has 0 spiro atoms. The lowest BCUT2D eigenvalue weighted by Gasteiger charge is -2.29. The second kappa shape index (κ2) is 4.79. The van der Waals surface area contributed by atoms with Crippen LogP contribution in [0, 0.1) is 5.92 Å². The second-order valence-corrected chi connectivity index (χ2v) is 5.78. The van der Waals surface area contributed by atoms with E-state index in [1.54, 1.807) is 0 Å². The van der Waals surface area contributed by atoms with E-state index in [-0.39, 0.29) is 24.4 Å². The Morgan fingerprint density at radius 3 is 2.84 bits per heavy atom. The van der Waals surface area contributed by atoms with Crippen molar-refractivity contribution in [2.45, 2.75) is 57.1 Å². The van der Waals surface area contributed by atoms with Crippen molar-refractivity contribution in [3.05, 3.63) is 0 Å². The second-order valence-electron chi connectivity index (χ2n) is 5.78. The molecule has 3 heterocycles. The van der Waals surface area contributed by atoms with Gasteiger partial charge in [0.25, 0.3) is 0 Å². The van der Waals surface area contributed by atoms with Crippen LogP contribution < -0.4 is 0 Å². The monoisotopic (exact) mass is 272 g/mol. The molecule has 19 heavy (non-hydrogen) atoms. The predicted octanol–water partition coefficient (Wildman–Crippen LogP) is 0.219. The van der Waals surface area contributed by atoms with E-state index < -0.39 is 24.3 Å². The number of Topliss-reactive ketones (excluding diaryl/α,β-unsaturated/α-hetero) is 1. The van der Waals surface area contributed by atoms with Crippen LogP contribution >= 0.6 is 0 Å². The van der Waals surface area contributed by atoms with Gasteiger partial charge < -0.3 is 24.1 Å². The highest BCUT2D eigenvalue weighted by molar-refractivity contribution is 5.86. The maximum absolute atomic E-state index is 12.3. The molecule has 0 aromatic rings. The van der Waals surface area contributed by atoms with Gasteiger partial charge in [0.15, 0.2) is 17.9 Å². The summed E-state index contributed by atoms with van der Waals surface area (Å²) in [5.41, 5.74) is 0. The third-order valence-corrected chi connectivity index (χ3v) is 3.90. The van der Waals surface area contributed by atoms with Crippen LogP contribution in [-0.2, 0) is 23.7 Å². The van der Waals surface area contributed by atoms with Crippen LogP contribution in [0.4, 0.5) is 0 Å². The van der Waals surface area contributed by atoms with E-state index in [0.29, 0.717) is 13.0 Å². The molecule has 5 atom stereocenters. The van der Waals surface area contributed by atoms with E-state index in [9.17, 15) is 9.90 Å². The summed E-state index contributed by atoms with van der Waals surface area (Å²) in [6.07, 6.45) is -0.684. The van der Waals surface area contributed by atoms with Crippen molar-refractivity contribution in [2.75, 3.05) is 13.2 Å². The van der Waals surface area contributed by atoms with Gasteiger partial charge in [0.1, 0.15) is 18.3 Å². The van der Waals surface area contributed by atoms with Crippen molar-refractivity contribution in [1.29, 1.82) is 0 Å². The Morgan fingerprint density at radius 2 is 2.11 bits per heavy atom. The van der Waals surface area contributed by atoms with Crippen LogP contribution in [0.25, 0.3) is 0 Å². The molecule has 6 heteroatoms. The van der Waals surface area contributed by atoms with Crippen LogP contribution in [0.5, 0.6) is 0 Å². The number of carbonyl (C=O) groups excluding carboxylic acids is 1. The molecule has 0 aromatic heterocycles. The standard InChI is InChI=1S/C13H20O6/c1-13(2)18-11-10-9(17-12(11)19-13)8(15)7(6-14)4-3-5-16-10/h7,9-12,14H,3-6H2,1-2H3/t7?,9-,10+,11-,12-/m1/s1. The first-order chi connectivity index (χ1) is 9.02. The van der Waals surface area contributed by atoms with Crippen LogP contribution in [0.2, 0.25) is 0 Å². The zero-order valence-corrected chi connectivity index (χ0v) is 11.2. The first kappa shape index (κ1) is 13.5. The van der Waals surface area contributed by atoms with Crippen LogP contribution in [0.3, 0.4) is 0 Å². The summed E-state index contributed by atoms with van der Waals surface area (Å²) in [5.74, 6) is -1.19. The number of rotatable bonds is 1. The molecule has 6 nitrogen and oxygen atoms in total. The Kier molecular flexibility index (Phi) is 3.39. The highest BCUT2D eigenvalue weighted by Gasteiger charge is 2.58. The molecule has 0 radical (unpaired) electrons. The first-order valence-corrected chi connectivity index (χ1v) is 6.79. The Labute approximate surface area is 112 Å². The lowest BCUT2D eigenvalue weighted by Crippen LogP contribution is -2.45. The minimum Gasteiger partial charge on any atom is -0.396 e. The normalized spacial score (nSPS) is 45.4. The maximum Gasteiger partial charge on any atom is 0.190 e. The van der Waals surface area contributed by atoms with E-state index in [1.165, 1.54) is 0 Å². The topological polar surface area (TPSA) is 74.2 Å². The van der Waals surface area contributed by atoms with Gasteiger partial charge in [0.2, 0.25) is 0 Å². The molecule has 0 aliphatic carbocycles. The maximum atomic E-state index is 12.3. The van der Waals surface area contributed by atoms with Gasteiger partial charge in [-0.15, -0.1) is 0 Å². The number of aliphatic hydroxyl groups excluding tert-OH is 1. The molecule has 3 saturated heterocycles. The van der Waals surface area contributed by atoms with Crippen molar-refractivity contribution in [2.24, 2.45) is 5.92 Å². The number of fused-ring (bicyclic) bond motifs is 3. The SMILES string of the molecule is CC1(C)O[C@H]2O[C@@H]3C(=O)C(CO)CCCO[C@@H]3[C@H]2O1. The van der Waals surface area contributed by atoms with Crippen LogP contribution in [0.15, 0.2) is 0 Å². The smallest absolute Gasteiger partial charge is 0.190 e. The summed E-state index contributed by atoms with van der Waals surface area (Å²) in [6, 6.07) is 0. The van der Waals surface area contributed by atoms with Gasteiger partial charge >= 0.3 is 0 Å². The number of ketones is 1. The zero-order valence-electron chi connectivity index (χ0n) is 11.2. The molecular formula is C13H20O6. The molecular weight excluding hydrogens is 252 g/mol. The number of hydrogen-bond donors (Lipinski definition) is 1. The Bertz CT molecular complexity index is 368. The third kappa shape index (κ3) is 2.32. The summed E-state index contributed by atoms with van der Waals surface area (Å²) in [6.45, 7) is 4.02. The molecule has 3 aliphatic rings. The number of carbonyl (C=O) groups is 1. The molecule has 0 bridgehead atoms. The minimum atomic E-state index is -0.717. The fourth-order valence-corrected chi connectivity index (χ4v) is 3.00. The van der Waals surface area contributed by atoms with E-state index >= 15 is 0 Å². The summed E-state index contributed by atoms with van der Waals surface area (Å²) >= 11 is 0. The Balaban J connectivity index is 1.80. The lowest BCUT2D eigenvalue weighted by atomic mass is 9.91. The fraction of sp³-hybridized carbons (Fsp3) is 0.923. The summed E-state index contributed by atoms with van der Waals surface area (Å²) < 4.78 is 22.8. The zero-order chi connectivity index (χ0) is 13.6. The van der Waals surface area contributed by atoms with Gasteiger partial charge in [-0.3, -0.25) is 4.79 Å². The van der Waals surface area contributed by atoms with E-state index in [1.807, 2.05) is 13.8 Å². The van der Waals surface area contributed by atoms with Crippen molar-refractivity contribution in [3.63, 3.8) is 0 Å². The summed E-state index contributed by atoms with van der Waals surface area (Å²) in [4.78, 5) is 12.3. The predicted molar refractivity (Wildman–Crippen MR) is 63.3 cm³/mol. The molecule has 3 rings (SSSR count). The molecule has 0 amide bonds. The fourth-order valence-electron chi connectivity index (χ4n) is 3.00. The summed E-state index contributed by atoms with van der Waals surface area (Å²) in [5, 5.41) is 9.30. The van der Waals surface area contributed by atoms with E-state index in [0.717, 1.165) is 6.42 Å². The molecule has 0 aromatic carbocycles. The molecule has 108 valence electrons. The first-order valence-electron chi connectivity index (χ1n) is 6.79.